The van der Waals surface area contributed by atoms with Gasteiger partial charge in [-0.25, -0.2) is 0 Å². The molecule has 1 aliphatic rings. The third kappa shape index (κ3) is 3.50. The summed E-state index contributed by atoms with van der Waals surface area (Å²) in [4.78, 5) is 21.4. The average Bonchev–Trinajstić information content (AvgIpc) is 2.91. The molecule has 0 amide bonds. The quantitative estimate of drug-likeness (QED) is 0.812. The molecule has 1 aliphatic heterocycles. The Balaban J connectivity index is 1.79. The molecule has 0 bridgehead atoms. The molecule has 1 aromatic carbocycles. The smallest absolute Gasteiger partial charge is 0.304 e. The van der Waals surface area contributed by atoms with Crippen molar-refractivity contribution in [1.29, 1.82) is 0 Å². The van der Waals surface area contributed by atoms with Gasteiger partial charge in [0.15, 0.2) is 0 Å². The fourth-order valence-corrected chi connectivity index (χ4v) is 2.57. The van der Waals surface area contributed by atoms with Crippen molar-refractivity contribution in [2.75, 3.05) is 0 Å². The van der Waals surface area contributed by atoms with E-state index in [0.29, 0.717) is 13.0 Å². The Morgan fingerprint density at radius 1 is 1.27 bits per heavy atom. The van der Waals surface area contributed by atoms with Crippen LogP contribution in [0, 0.1) is 0 Å². The van der Waals surface area contributed by atoms with E-state index in [4.69, 9.17) is 9.57 Å². The van der Waals surface area contributed by atoms with Gasteiger partial charge in [0.2, 0.25) is 6.29 Å². The van der Waals surface area contributed by atoms with Crippen molar-refractivity contribution in [3.8, 4) is 0 Å². The van der Waals surface area contributed by atoms with E-state index in [1.807, 2.05) is 53.6 Å². The van der Waals surface area contributed by atoms with Gasteiger partial charge in [-0.2, -0.15) is 5.06 Å². The molecule has 114 valence electrons. The number of aromatic nitrogens is 1. The minimum absolute atomic E-state index is 0.0363. The van der Waals surface area contributed by atoms with Crippen molar-refractivity contribution in [2.24, 2.45) is 0 Å². The monoisotopic (exact) mass is 298 g/mol. The number of hydrogen-bond acceptors (Lipinski definition) is 5. The van der Waals surface area contributed by atoms with E-state index < -0.39 is 6.29 Å². The predicted molar refractivity (Wildman–Crippen MR) is 80.2 cm³/mol. The van der Waals surface area contributed by atoms with Crippen LogP contribution in [-0.4, -0.2) is 22.3 Å². The van der Waals surface area contributed by atoms with E-state index >= 15 is 0 Å². The van der Waals surface area contributed by atoms with Crippen molar-refractivity contribution in [2.45, 2.75) is 32.2 Å². The van der Waals surface area contributed by atoms with E-state index in [-0.39, 0.29) is 12.0 Å². The molecule has 5 nitrogen and oxygen atoms in total. The molecule has 1 aromatic heterocycles. The van der Waals surface area contributed by atoms with Crippen LogP contribution in [0.4, 0.5) is 0 Å². The number of carbonyl (C=O) groups is 1. The average molecular weight is 298 g/mol. The van der Waals surface area contributed by atoms with Gasteiger partial charge in [0.25, 0.3) is 0 Å². The maximum absolute atomic E-state index is 11.2. The summed E-state index contributed by atoms with van der Waals surface area (Å²) in [7, 11) is 0. The number of pyridine rings is 1. The van der Waals surface area contributed by atoms with Gasteiger partial charge in [0.1, 0.15) is 0 Å². The first-order valence-electron chi connectivity index (χ1n) is 7.28. The second kappa shape index (κ2) is 6.68. The Labute approximate surface area is 129 Å². The van der Waals surface area contributed by atoms with E-state index in [1.54, 1.807) is 6.20 Å². The Morgan fingerprint density at radius 3 is 2.73 bits per heavy atom. The lowest BCUT2D eigenvalue weighted by atomic mass is 10.1. The molecule has 2 atom stereocenters. The van der Waals surface area contributed by atoms with Crippen molar-refractivity contribution in [1.82, 2.24) is 10.0 Å². The van der Waals surface area contributed by atoms with Crippen molar-refractivity contribution in [3.05, 3.63) is 66.0 Å². The van der Waals surface area contributed by atoms with E-state index in [1.165, 1.54) is 6.92 Å². The van der Waals surface area contributed by atoms with Crippen LogP contribution in [0.2, 0.25) is 0 Å². The minimum Gasteiger partial charge on any atom is -0.434 e. The Bertz CT molecular complexity index is 618. The van der Waals surface area contributed by atoms with Crippen LogP contribution in [0.5, 0.6) is 0 Å². The summed E-state index contributed by atoms with van der Waals surface area (Å²) in [5.41, 5.74) is 2.04. The molecular weight excluding hydrogens is 280 g/mol. The molecule has 0 unspecified atom stereocenters. The zero-order valence-electron chi connectivity index (χ0n) is 12.4. The lowest BCUT2D eigenvalue weighted by Crippen LogP contribution is -2.23. The van der Waals surface area contributed by atoms with Crippen LogP contribution >= 0.6 is 0 Å². The summed E-state index contributed by atoms with van der Waals surface area (Å²) in [5, 5.41) is 1.84. The third-order valence-electron chi connectivity index (χ3n) is 3.52. The lowest BCUT2D eigenvalue weighted by molar-refractivity contribution is -0.240. The summed E-state index contributed by atoms with van der Waals surface area (Å²) in [6, 6.07) is 15.8. The number of ether oxygens (including phenoxy) is 1. The van der Waals surface area contributed by atoms with Crippen LogP contribution in [0.25, 0.3) is 0 Å². The molecule has 3 rings (SSSR count). The van der Waals surface area contributed by atoms with Crippen molar-refractivity contribution < 1.29 is 14.4 Å². The molecule has 1 saturated heterocycles. The van der Waals surface area contributed by atoms with Crippen LogP contribution in [0.1, 0.15) is 30.6 Å². The molecule has 0 radical (unpaired) electrons. The van der Waals surface area contributed by atoms with E-state index in [9.17, 15) is 4.79 Å². The molecule has 2 aromatic rings. The number of nitrogens with zero attached hydrogens (tertiary/aromatic N) is 2. The maximum Gasteiger partial charge on any atom is 0.304 e. The summed E-state index contributed by atoms with van der Waals surface area (Å²) in [6.45, 7) is 2.00. The fourth-order valence-electron chi connectivity index (χ4n) is 2.57. The van der Waals surface area contributed by atoms with Gasteiger partial charge >= 0.3 is 5.97 Å². The second-order valence-corrected chi connectivity index (χ2v) is 5.21. The number of hydroxylamine groups is 2. The molecule has 0 aliphatic carbocycles. The third-order valence-corrected chi connectivity index (χ3v) is 3.52. The van der Waals surface area contributed by atoms with Crippen LogP contribution in [-0.2, 0) is 20.9 Å². The first kappa shape index (κ1) is 14.7. The molecule has 1 fully saturated rings. The lowest BCUT2D eigenvalue weighted by Gasteiger charge is -2.21. The number of hydrogen-bond donors (Lipinski definition) is 0. The van der Waals surface area contributed by atoms with Gasteiger partial charge in [-0.15, -0.1) is 0 Å². The zero-order valence-corrected chi connectivity index (χ0v) is 12.4. The van der Waals surface area contributed by atoms with Crippen molar-refractivity contribution >= 4 is 5.97 Å². The topological polar surface area (TPSA) is 51.7 Å². The molecule has 0 spiro atoms. The number of carbonyl (C=O) groups excluding carboxylic acids is 1. The van der Waals surface area contributed by atoms with Gasteiger partial charge in [-0.05, 0) is 17.7 Å². The summed E-state index contributed by atoms with van der Waals surface area (Å²) in [5.74, 6) is -0.341. The normalized spacial score (nSPS) is 21.7. The van der Waals surface area contributed by atoms with Gasteiger partial charge in [-0.1, -0.05) is 36.4 Å². The van der Waals surface area contributed by atoms with Crippen LogP contribution in [0.3, 0.4) is 0 Å². The van der Waals surface area contributed by atoms with Crippen molar-refractivity contribution in [3.63, 3.8) is 0 Å². The number of benzene rings is 1. The molecule has 0 N–H and O–H groups in total. The first-order valence-corrected chi connectivity index (χ1v) is 7.28. The Kier molecular flexibility index (Phi) is 4.46. The highest BCUT2D eigenvalue weighted by Gasteiger charge is 2.37. The Morgan fingerprint density at radius 2 is 2.05 bits per heavy atom. The van der Waals surface area contributed by atoms with Gasteiger partial charge in [0.05, 0.1) is 18.3 Å². The summed E-state index contributed by atoms with van der Waals surface area (Å²) < 4.78 is 5.20. The van der Waals surface area contributed by atoms with Gasteiger partial charge in [-0.3, -0.25) is 14.6 Å². The SMILES string of the molecule is CC(=O)O[C@H]1C[C@H](c2ccccn2)N(Cc2ccccc2)O1. The summed E-state index contributed by atoms with van der Waals surface area (Å²) in [6.07, 6.45) is 1.77. The Hall–Kier alpha value is -2.24. The number of rotatable bonds is 4. The predicted octanol–water partition coefficient (Wildman–Crippen LogP) is 2.85. The van der Waals surface area contributed by atoms with Gasteiger partial charge < -0.3 is 4.74 Å². The molecule has 22 heavy (non-hydrogen) atoms. The molecule has 0 saturated carbocycles. The first-order chi connectivity index (χ1) is 10.7. The van der Waals surface area contributed by atoms with Crippen LogP contribution in [0.15, 0.2) is 54.7 Å². The molecular formula is C17H18N2O3. The standard InChI is InChI=1S/C17H18N2O3/c1-13(20)21-17-11-16(15-9-5-6-10-18-15)19(22-17)12-14-7-3-2-4-8-14/h2-10,16-17H,11-12H2,1H3/t16-,17-/m1/s1. The van der Waals surface area contributed by atoms with Gasteiger partial charge in [0, 0.05) is 19.5 Å². The fraction of sp³-hybridized carbons (Fsp3) is 0.294. The minimum atomic E-state index is -0.562. The largest absolute Gasteiger partial charge is 0.434 e. The molecule has 5 heteroatoms. The number of esters is 1. The second-order valence-electron chi connectivity index (χ2n) is 5.21. The molecule has 2 heterocycles. The maximum atomic E-state index is 11.2. The van der Waals surface area contributed by atoms with E-state index in [0.717, 1.165) is 11.3 Å². The highest BCUT2D eigenvalue weighted by molar-refractivity contribution is 5.66. The highest BCUT2D eigenvalue weighted by Crippen LogP contribution is 2.34. The van der Waals surface area contributed by atoms with Crippen LogP contribution < -0.4 is 0 Å². The summed E-state index contributed by atoms with van der Waals surface area (Å²) >= 11 is 0. The zero-order chi connectivity index (χ0) is 15.4. The highest BCUT2D eigenvalue weighted by atomic mass is 16.8. The van der Waals surface area contributed by atoms with E-state index in [2.05, 4.69) is 4.98 Å².